The Balaban J connectivity index is 2.37. The molecule has 0 bridgehead atoms. The third kappa shape index (κ3) is 2.41. The van der Waals surface area contributed by atoms with Crippen molar-refractivity contribution in [3.05, 3.63) is 54.1 Å². The van der Waals surface area contributed by atoms with Gasteiger partial charge in [0.25, 0.3) is 0 Å². The van der Waals surface area contributed by atoms with Crippen LogP contribution in [-0.2, 0) is 6.54 Å². The van der Waals surface area contributed by atoms with Crippen LogP contribution in [0, 0.1) is 0 Å². The molecule has 0 heterocycles. The molecule has 2 aromatic rings. The lowest BCUT2D eigenvalue weighted by Crippen LogP contribution is -1.95. The highest BCUT2D eigenvalue weighted by Gasteiger charge is 1.97. The normalized spacial score (nSPS) is 10.3. The molecule has 0 fully saturated rings. The average molecular weight is 215 g/mol. The summed E-state index contributed by atoms with van der Waals surface area (Å²) < 4.78 is 0. The van der Waals surface area contributed by atoms with Gasteiger partial charge in [0.2, 0.25) is 0 Å². The van der Waals surface area contributed by atoms with Gasteiger partial charge in [0, 0.05) is 11.4 Å². The van der Waals surface area contributed by atoms with Gasteiger partial charge in [-0.3, -0.25) is 0 Å². The molecule has 2 rings (SSSR count). The van der Waals surface area contributed by atoms with Crippen LogP contribution in [0.5, 0.6) is 0 Å². The Morgan fingerprint density at radius 2 is 1.67 bits per heavy atom. The highest BCUT2D eigenvalue weighted by atomic mass is 32.1. The quantitative estimate of drug-likeness (QED) is 0.740. The first-order chi connectivity index (χ1) is 7.29. The van der Waals surface area contributed by atoms with Gasteiger partial charge in [-0.15, -0.1) is 12.6 Å². The van der Waals surface area contributed by atoms with Gasteiger partial charge in [0.1, 0.15) is 0 Å². The van der Waals surface area contributed by atoms with Gasteiger partial charge in [0.15, 0.2) is 0 Å². The Kier molecular flexibility index (Phi) is 3.09. The maximum atomic E-state index is 5.55. The summed E-state index contributed by atoms with van der Waals surface area (Å²) in [5.74, 6) is 0. The second-order valence-corrected chi connectivity index (χ2v) is 3.97. The van der Waals surface area contributed by atoms with Crippen LogP contribution < -0.4 is 5.73 Å². The highest BCUT2D eigenvalue weighted by molar-refractivity contribution is 7.80. The summed E-state index contributed by atoms with van der Waals surface area (Å²) in [4.78, 5) is 0.982. The third-order valence-corrected chi connectivity index (χ3v) is 2.65. The fourth-order valence-corrected chi connectivity index (χ4v) is 1.74. The number of hydrogen-bond donors (Lipinski definition) is 2. The number of hydrogen-bond acceptors (Lipinski definition) is 2. The van der Waals surface area contributed by atoms with Gasteiger partial charge in [0.05, 0.1) is 0 Å². The van der Waals surface area contributed by atoms with Crippen molar-refractivity contribution in [2.24, 2.45) is 5.73 Å². The fraction of sp³-hybridized carbons (Fsp3) is 0.0769. The van der Waals surface area contributed by atoms with E-state index in [1.807, 2.05) is 12.1 Å². The summed E-state index contributed by atoms with van der Waals surface area (Å²) in [6.45, 7) is 0.590. The minimum absolute atomic E-state index is 0.590. The van der Waals surface area contributed by atoms with Crippen LogP contribution in [0.15, 0.2) is 53.4 Å². The Bertz CT molecular complexity index is 448. The second kappa shape index (κ2) is 4.51. The van der Waals surface area contributed by atoms with Gasteiger partial charge in [-0.05, 0) is 28.8 Å². The first-order valence-corrected chi connectivity index (χ1v) is 5.33. The van der Waals surface area contributed by atoms with Crippen LogP contribution in [-0.4, -0.2) is 0 Å². The van der Waals surface area contributed by atoms with Gasteiger partial charge >= 0.3 is 0 Å². The van der Waals surface area contributed by atoms with E-state index in [-0.39, 0.29) is 0 Å². The molecule has 15 heavy (non-hydrogen) atoms. The molecule has 0 spiro atoms. The maximum Gasteiger partial charge on any atom is 0.0178 e. The van der Waals surface area contributed by atoms with Crippen molar-refractivity contribution >= 4 is 12.6 Å². The average Bonchev–Trinajstić information content (AvgIpc) is 2.29. The van der Waals surface area contributed by atoms with Gasteiger partial charge in [-0.2, -0.15) is 0 Å². The summed E-state index contributed by atoms with van der Waals surface area (Å²) in [5, 5.41) is 0. The van der Waals surface area contributed by atoms with Crippen LogP contribution in [0.25, 0.3) is 11.1 Å². The molecular formula is C13H13NS. The molecule has 0 atom stereocenters. The topological polar surface area (TPSA) is 26.0 Å². The predicted octanol–water partition coefficient (Wildman–Crippen LogP) is 3.10. The molecule has 0 radical (unpaired) electrons. The fourth-order valence-electron chi connectivity index (χ4n) is 1.52. The standard InChI is InChI=1S/C13H13NS/c14-9-10-4-6-11(7-5-10)12-2-1-3-13(15)8-12/h1-8,15H,9,14H2. The third-order valence-electron chi connectivity index (χ3n) is 2.37. The van der Waals surface area contributed by atoms with Crippen LogP contribution in [0.4, 0.5) is 0 Å². The van der Waals surface area contributed by atoms with E-state index in [4.69, 9.17) is 5.73 Å². The zero-order chi connectivity index (χ0) is 10.7. The van der Waals surface area contributed by atoms with E-state index in [0.29, 0.717) is 6.54 Å². The molecule has 76 valence electrons. The Labute approximate surface area is 95.3 Å². The van der Waals surface area contributed by atoms with E-state index < -0.39 is 0 Å². The monoisotopic (exact) mass is 215 g/mol. The molecule has 1 nitrogen and oxygen atoms in total. The Hall–Kier alpha value is -1.25. The summed E-state index contributed by atoms with van der Waals surface area (Å²) >= 11 is 4.32. The SMILES string of the molecule is NCc1ccc(-c2cccc(S)c2)cc1. The lowest BCUT2D eigenvalue weighted by Gasteiger charge is -2.03. The van der Waals surface area contributed by atoms with E-state index in [2.05, 4.69) is 49.0 Å². The molecule has 0 aliphatic rings. The predicted molar refractivity (Wildman–Crippen MR) is 67.0 cm³/mol. The largest absolute Gasteiger partial charge is 0.326 e. The molecule has 0 amide bonds. The van der Waals surface area contributed by atoms with Crippen LogP contribution in [0.2, 0.25) is 0 Å². The lowest BCUT2D eigenvalue weighted by molar-refractivity contribution is 1.07. The van der Waals surface area contributed by atoms with Crippen LogP contribution in [0.3, 0.4) is 0 Å². The zero-order valence-electron chi connectivity index (χ0n) is 8.35. The summed E-state index contributed by atoms with van der Waals surface area (Å²) in [6, 6.07) is 16.4. The molecule has 0 saturated heterocycles. The van der Waals surface area contributed by atoms with Crippen LogP contribution >= 0.6 is 12.6 Å². The van der Waals surface area contributed by atoms with Crippen molar-refractivity contribution in [3.8, 4) is 11.1 Å². The smallest absolute Gasteiger partial charge is 0.0178 e. The lowest BCUT2D eigenvalue weighted by atomic mass is 10.0. The van der Waals surface area contributed by atoms with Crippen LogP contribution in [0.1, 0.15) is 5.56 Å². The van der Waals surface area contributed by atoms with E-state index in [0.717, 1.165) is 10.5 Å². The van der Waals surface area contributed by atoms with Crippen molar-refractivity contribution in [3.63, 3.8) is 0 Å². The second-order valence-electron chi connectivity index (χ2n) is 3.45. The summed E-state index contributed by atoms with van der Waals surface area (Å²) in [6.07, 6.45) is 0. The molecule has 0 aliphatic heterocycles. The summed E-state index contributed by atoms with van der Waals surface area (Å²) in [5.41, 5.74) is 9.09. The highest BCUT2D eigenvalue weighted by Crippen LogP contribution is 2.22. The first-order valence-electron chi connectivity index (χ1n) is 4.88. The molecule has 2 aromatic carbocycles. The van der Waals surface area contributed by atoms with Crippen molar-refractivity contribution in [1.29, 1.82) is 0 Å². The van der Waals surface area contributed by atoms with Gasteiger partial charge in [-0.25, -0.2) is 0 Å². The van der Waals surface area contributed by atoms with E-state index >= 15 is 0 Å². The van der Waals surface area contributed by atoms with E-state index in [9.17, 15) is 0 Å². The molecular weight excluding hydrogens is 202 g/mol. The van der Waals surface area contributed by atoms with Crippen molar-refractivity contribution in [2.45, 2.75) is 11.4 Å². The number of benzene rings is 2. The Morgan fingerprint density at radius 1 is 0.933 bits per heavy atom. The van der Waals surface area contributed by atoms with Gasteiger partial charge < -0.3 is 5.73 Å². The number of nitrogens with two attached hydrogens (primary N) is 1. The maximum absolute atomic E-state index is 5.55. The molecule has 2 heteroatoms. The van der Waals surface area contributed by atoms with Gasteiger partial charge in [-0.1, -0.05) is 36.4 Å². The minimum Gasteiger partial charge on any atom is -0.326 e. The zero-order valence-corrected chi connectivity index (χ0v) is 9.24. The number of rotatable bonds is 2. The molecule has 0 aliphatic carbocycles. The summed E-state index contributed by atoms with van der Waals surface area (Å²) in [7, 11) is 0. The van der Waals surface area contributed by atoms with E-state index in [1.54, 1.807) is 0 Å². The Morgan fingerprint density at radius 3 is 2.27 bits per heavy atom. The van der Waals surface area contributed by atoms with Crippen molar-refractivity contribution in [1.82, 2.24) is 0 Å². The van der Waals surface area contributed by atoms with Crippen molar-refractivity contribution in [2.75, 3.05) is 0 Å². The first kappa shape index (κ1) is 10.3. The molecule has 0 unspecified atom stereocenters. The van der Waals surface area contributed by atoms with E-state index in [1.165, 1.54) is 11.1 Å². The minimum atomic E-state index is 0.590. The molecule has 0 aromatic heterocycles. The van der Waals surface area contributed by atoms with Crippen molar-refractivity contribution < 1.29 is 0 Å². The molecule has 2 N–H and O–H groups in total. The molecule has 0 saturated carbocycles. The number of thiol groups is 1.